The molecule has 2 aliphatic rings. The Morgan fingerprint density at radius 2 is 1.51 bits per heavy atom. The number of carbonyl (C=O) groups excluding carboxylic acids is 4. The maximum atomic E-state index is 13.1. The fourth-order valence-electron chi connectivity index (χ4n) is 5.60. The molecule has 1 aliphatic carbocycles. The summed E-state index contributed by atoms with van der Waals surface area (Å²) in [5, 5.41) is 35.9. The molecule has 4 rings (SSSR count). The van der Waals surface area contributed by atoms with Crippen LogP contribution in [-0.4, -0.2) is 82.3 Å². The lowest BCUT2D eigenvalue weighted by Gasteiger charge is -2.55. The molecule has 1 heterocycles. The second-order valence-electron chi connectivity index (χ2n) is 9.84. The molecule has 1 amide bonds. The number of fused-ring (bicyclic) bond motifs is 3. The van der Waals surface area contributed by atoms with Crippen molar-refractivity contribution in [2.45, 2.75) is 56.5 Å². The van der Waals surface area contributed by atoms with Crippen LogP contribution in [0.25, 0.3) is 11.1 Å². The summed E-state index contributed by atoms with van der Waals surface area (Å²) < 4.78 is 16.1. The number of aliphatic hydroxyl groups excluding tert-OH is 1. The summed E-state index contributed by atoms with van der Waals surface area (Å²) in [7, 11) is 1.11. The fourth-order valence-corrected chi connectivity index (χ4v) is 5.60. The van der Waals surface area contributed by atoms with Gasteiger partial charge in [0.05, 0.1) is 0 Å². The molecule has 11 nitrogen and oxygen atoms in total. The standard InChI is InChI=1S/C28H31NO10/c1-14(30)22-25(37-4)39-24(23(33)15(2)31)27(35,16(3)32)28(22,36)29-26(34)38-13-21-19-11-7-5-9-17(19)18-10-6-8-12-20(18)21/h5-12,21-25,33,35-36H,13H2,1-4H3,(H,29,34)/t22-,23?,24-,25+,27-,28-/m1/s1. The Kier molecular flexibility index (Phi) is 7.75. The largest absolute Gasteiger partial charge is 0.448 e. The highest BCUT2D eigenvalue weighted by molar-refractivity contribution is 5.93. The predicted molar refractivity (Wildman–Crippen MR) is 135 cm³/mol. The van der Waals surface area contributed by atoms with Crippen LogP contribution in [-0.2, 0) is 28.6 Å². The minimum Gasteiger partial charge on any atom is -0.448 e. The lowest BCUT2D eigenvalue weighted by Crippen LogP contribution is -2.82. The summed E-state index contributed by atoms with van der Waals surface area (Å²) in [6.45, 7) is 2.69. The monoisotopic (exact) mass is 541 g/mol. The van der Waals surface area contributed by atoms with E-state index in [9.17, 15) is 34.5 Å². The van der Waals surface area contributed by atoms with E-state index in [1.54, 1.807) is 0 Å². The molecule has 2 aromatic rings. The Bertz CT molecular complexity index is 1270. The van der Waals surface area contributed by atoms with Crippen molar-refractivity contribution >= 4 is 23.4 Å². The van der Waals surface area contributed by atoms with Gasteiger partial charge in [-0.25, -0.2) is 4.79 Å². The van der Waals surface area contributed by atoms with Crippen LogP contribution >= 0.6 is 0 Å². The Labute approximate surface area is 224 Å². The van der Waals surface area contributed by atoms with Crippen LogP contribution in [0.15, 0.2) is 48.5 Å². The van der Waals surface area contributed by atoms with Crippen LogP contribution in [0.5, 0.6) is 0 Å². The average molecular weight is 542 g/mol. The zero-order valence-electron chi connectivity index (χ0n) is 21.9. The second kappa shape index (κ2) is 10.6. The summed E-state index contributed by atoms with van der Waals surface area (Å²) in [6.07, 6.45) is -7.12. The van der Waals surface area contributed by atoms with E-state index < -0.39 is 59.2 Å². The lowest BCUT2D eigenvalue weighted by molar-refractivity contribution is -0.340. The third-order valence-electron chi connectivity index (χ3n) is 7.54. The average Bonchev–Trinajstić information content (AvgIpc) is 3.21. The van der Waals surface area contributed by atoms with Gasteiger partial charge in [-0.15, -0.1) is 0 Å². The summed E-state index contributed by atoms with van der Waals surface area (Å²) in [6, 6.07) is 15.2. The van der Waals surface area contributed by atoms with Gasteiger partial charge in [0.25, 0.3) is 0 Å². The first-order chi connectivity index (χ1) is 18.4. The molecule has 4 N–H and O–H groups in total. The van der Waals surface area contributed by atoms with Crippen molar-refractivity contribution in [3.05, 3.63) is 59.7 Å². The van der Waals surface area contributed by atoms with Crippen molar-refractivity contribution < 1.29 is 48.7 Å². The molecular formula is C28H31NO10. The van der Waals surface area contributed by atoms with Crippen LogP contribution in [0.2, 0.25) is 0 Å². The summed E-state index contributed by atoms with van der Waals surface area (Å²) in [5.41, 5.74) is -2.43. The van der Waals surface area contributed by atoms with E-state index in [-0.39, 0.29) is 12.5 Å². The molecule has 39 heavy (non-hydrogen) atoms. The number of nitrogens with one attached hydrogen (secondary N) is 1. The molecule has 0 radical (unpaired) electrons. The van der Waals surface area contributed by atoms with E-state index in [1.807, 2.05) is 48.5 Å². The number of carbonyl (C=O) groups is 4. The van der Waals surface area contributed by atoms with Crippen molar-refractivity contribution in [3.63, 3.8) is 0 Å². The minimum atomic E-state index is -3.14. The van der Waals surface area contributed by atoms with Crippen LogP contribution < -0.4 is 5.32 Å². The van der Waals surface area contributed by atoms with Crippen molar-refractivity contribution in [1.29, 1.82) is 0 Å². The SMILES string of the molecule is CO[C@H]1O[C@H](C(O)C(C)=O)[C@](O)(C(C)=O)[C@@](O)(NC(=O)OCC2c3ccccc3-c3ccccc32)[C@@H]1C(C)=O. The first-order valence-electron chi connectivity index (χ1n) is 12.3. The van der Waals surface area contributed by atoms with Gasteiger partial charge in [-0.05, 0) is 43.0 Å². The van der Waals surface area contributed by atoms with Crippen LogP contribution in [0.3, 0.4) is 0 Å². The second-order valence-corrected chi connectivity index (χ2v) is 9.84. The number of alkyl carbamates (subject to hydrolysis) is 1. The Balaban J connectivity index is 1.67. The normalized spacial score (nSPS) is 28.6. The number of methoxy groups -OCH3 is 1. The number of hydrogen-bond acceptors (Lipinski definition) is 10. The van der Waals surface area contributed by atoms with Gasteiger partial charge in [-0.2, -0.15) is 0 Å². The number of amides is 1. The topological polar surface area (TPSA) is 169 Å². The van der Waals surface area contributed by atoms with Crippen molar-refractivity contribution in [1.82, 2.24) is 5.32 Å². The quantitative estimate of drug-likeness (QED) is 0.355. The number of aliphatic hydroxyl groups is 3. The molecule has 2 aromatic carbocycles. The zero-order valence-corrected chi connectivity index (χ0v) is 21.9. The molecule has 0 saturated carbocycles. The molecule has 6 atom stereocenters. The molecule has 1 fully saturated rings. The highest BCUT2D eigenvalue weighted by Crippen LogP contribution is 2.45. The number of Topliss-reactive ketones (excluding diaryl/α,β-unsaturated/α-hetero) is 3. The number of rotatable bonds is 8. The number of ketones is 3. The first-order valence-corrected chi connectivity index (χ1v) is 12.3. The van der Waals surface area contributed by atoms with Crippen LogP contribution in [0.1, 0.15) is 37.8 Å². The molecular weight excluding hydrogens is 510 g/mol. The van der Waals surface area contributed by atoms with E-state index in [4.69, 9.17) is 14.2 Å². The van der Waals surface area contributed by atoms with Gasteiger partial charge in [0, 0.05) is 13.0 Å². The predicted octanol–water partition coefficient (Wildman–Crippen LogP) is 1.06. The minimum absolute atomic E-state index is 0.178. The maximum Gasteiger partial charge on any atom is 0.409 e. The van der Waals surface area contributed by atoms with E-state index in [0.717, 1.165) is 50.1 Å². The maximum absolute atomic E-state index is 13.1. The highest BCUT2D eigenvalue weighted by atomic mass is 16.7. The van der Waals surface area contributed by atoms with Crippen molar-refractivity contribution in [2.24, 2.45) is 5.92 Å². The van der Waals surface area contributed by atoms with E-state index in [0.29, 0.717) is 0 Å². The number of benzene rings is 2. The molecule has 208 valence electrons. The molecule has 1 unspecified atom stereocenters. The van der Waals surface area contributed by atoms with Gasteiger partial charge >= 0.3 is 6.09 Å². The van der Waals surface area contributed by atoms with Gasteiger partial charge in [-0.1, -0.05) is 48.5 Å². The van der Waals surface area contributed by atoms with Gasteiger partial charge in [0.2, 0.25) is 5.60 Å². The number of hydrogen-bond donors (Lipinski definition) is 4. The molecule has 0 bridgehead atoms. The molecule has 0 spiro atoms. The summed E-state index contributed by atoms with van der Waals surface area (Å²) >= 11 is 0. The Hall–Kier alpha value is -3.48. The fraction of sp³-hybridized carbons (Fsp3) is 0.429. The Morgan fingerprint density at radius 3 is 1.97 bits per heavy atom. The third-order valence-corrected chi connectivity index (χ3v) is 7.54. The van der Waals surface area contributed by atoms with Gasteiger partial charge < -0.3 is 29.5 Å². The van der Waals surface area contributed by atoms with Crippen molar-refractivity contribution in [2.75, 3.05) is 13.7 Å². The summed E-state index contributed by atoms with van der Waals surface area (Å²) in [5.74, 6) is -5.10. The molecule has 0 aromatic heterocycles. The van der Waals surface area contributed by atoms with Crippen LogP contribution in [0, 0.1) is 5.92 Å². The Morgan fingerprint density at radius 1 is 0.974 bits per heavy atom. The van der Waals surface area contributed by atoms with Crippen LogP contribution in [0.4, 0.5) is 4.79 Å². The number of ether oxygens (including phenoxy) is 3. The third kappa shape index (κ3) is 4.56. The lowest BCUT2D eigenvalue weighted by atomic mass is 9.69. The smallest absolute Gasteiger partial charge is 0.409 e. The molecule has 11 heteroatoms. The van der Waals surface area contributed by atoms with E-state index in [2.05, 4.69) is 5.32 Å². The van der Waals surface area contributed by atoms with Gasteiger partial charge in [-0.3, -0.25) is 19.7 Å². The van der Waals surface area contributed by atoms with Crippen molar-refractivity contribution in [3.8, 4) is 11.1 Å². The first kappa shape index (κ1) is 28.5. The highest BCUT2D eigenvalue weighted by Gasteiger charge is 2.71. The summed E-state index contributed by atoms with van der Waals surface area (Å²) in [4.78, 5) is 50.6. The zero-order chi connectivity index (χ0) is 28.7. The van der Waals surface area contributed by atoms with E-state index in [1.165, 1.54) is 0 Å². The van der Waals surface area contributed by atoms with E-state index >= 15 is 0 Å². The van der Waals surface area contributed by atoms with Gasteiger partial charge in [0.1, 0.15) is 30.5 Å². The van der Waals surface area contributed by atoms with Gasteiger partial charge in [0.15, 0.2) is 23.6 Å². The molecule has 1 saturated heterocycles. The molecule has 1 aliphatic heterocycles.